The van der Waals surface area contributed by atoms with Crippen LogP contribution in [0.5, 0.6) is 0 Å². The Balaban J connectivity index is 1.58. The topological polar surface area (TPSA) is 89.2 Å². The first-order valence-corrected chi connectivity index (χ1v) is 10.8. The van der Waals surface area contributed by atoms with Crippen LogP contribution in [-0.4, -0.2) is 29.9 Å². The quantitative estimate of drug-likeness (QED) is 0.606. The Morgan fingerprint density at radius 2 is 1.93 bits per heavy atom. The van der Waals surface area contributed by atoms with Crippen LogP contribution >= 0.6 is 0 Å². The van der Waals surface area contributed by atoms with Gasteiger partial charge in [-0.3, -0.25) is 9.29 Å². The van der Waals surface area contributed by atoms with Gasteiger partial charge in [-0.2, -0.15) is 8.78 Å². The molecule has 29 heavy (non-hydrogen) atoms. The summed E-state index contributed by atoms with van der Waals surface area (Å²) in [5.74, 6) is -0.832. The molecule has 0 saturated carbocycles. The predicted octanol–water partition coefficient (Wildman–Crippen LogP) is 3.52. The number of hydrogen-bond acceptors (Lipinski definition) is 6. The predicted molar refractivity (Wildman–Crippen MR) is 102 cm³/mol. The number of anilines is 1. The van der Waals surface area contributed by atoms with E-state index in [2.05, 4.69) is 15.2 Å². The van der Waals surface area contributed by atoms with E-state index >= 15 is 0 Å². The SMILES string of the molecule is CS(=O)(=O)N(Cc1ccc(-c2nnc(C(F)F)o2)cn1)c1ccc2c(c1)CCC2. The van der Waals surface area contributed by atoms with Crippen molar-refractivity contribution >= 4 is 15.7 Å². The highest BCUT2D eigenvalue weighted by molar-refractivity contribution is 7.92. The summed E-state index contributed by atoms with van der Waals surface area (Å²) in [7, 11) is -3.53. The van der Waals surface area contributed by atoms with Crippen LogP contribution in [-0.2, 0) is 29.4 Å². The first kappa shape index (κ1) is 19.4. The number of sulfonamides is 1. The molecule has 1 aliphatic rings. The molecule has 3 aromatic rings. The summed E-state index contributed by atoms with van der Waals surface area (Å²) < 4.78 is 56.1. The zero-order valence-electron chi connectivity index (χ0n) is 15.5. The molecule has 0 unspecified atom stereocenters. The van der Waals surface area contributed by atoms with Gasteiger partial charge in [0, 0.05) is 6.20 Å². The van der Waals surface area contributed by atoms with Crippen LogP contribution in [0.3, 0.4) is 0 Å². The van der Waals surface area contributed by atoms with E-state index < -0.39 is 22.3 Å². The van der Waals surface area contributed by atoms with E-state index in [4.69, 9.17) is 4.42 Å². The summed E-state index contributed by atoms with van der Waals surface area (Å²) >= 11 is 0. The summed E-state index contributed by atoms with van der Waals surface area (Å²) in [4.78, 5) is 4.24. The fourth-order valence-corrected chi connectivity index (χ4v) is 4.21. The van der Waals surface area contributed by atoms with Crippen LogP contribution in [0.1, 0.15) is 35.6 Å². The van der Waals surface area contributed by atoms with Crippen LogP contribution in [0.2, 0.25) is 0 Å². The zero-order chi connectivity index (χ0) is 20.6. The van der Waals surface area contributed by atoms with Gasteiger partial charge < -0.3 is 4.42 Å². The molecular weight excluding hydrogens is 402 g/mol. The second-order valence-corrected chi connectivity index (χ2v) is 8.77. The zero-order valence-corrected chi connectivity index (χ0v) is 16.4. The lowest BCUT2D eigenvalue weighted by molar-refractivity contribution is 0.116. The highest BCUT2D eigenvalue weighted by Gasteiger charge is 2.22. The summed E-state index contributed by atoms with van der Waals surface area (Å²) in [6, 6.07) is 8.88. The summed E-state index contributed by atoms with van der Waals surface area (Å²) in [5, 5.41) is 6.86. The Morgan fingerprint density at radius 1 is 1.14 bits per heavy atom. The fraction of sp³-hybridized carbons (Fsp3) is 0.316. The minimum Gasteiger partial charge on any atom is -0.415 e. The van der Waals surface area contributed by atoms with Gasteiger partial charge in [0.2, 0.25) is 15.9 Å². The number of hydrogen-bond donors (Lipinski definition) is 0. The van der Waals surface area contributed by atoms with E-state index in [0.717, 1.165) is 25.5 Å². The average molecular weight is 420 g/mol. The molecule has 0 bridgehead atoms. The molecule has 0 atom stereocenters. The van der Waals surface area contributed by atoms with Crippen molar-refractivity contribution in [2.75, 3.05) is 10.6 Å². The first-order chi connectivity index (χ1) is 13.8. The van der Waals surface area contributed by atoms with Crippen molar-refractivity contribution in [2.45, 2.75) is 32.2 Å². The molecule has 10 heteroatoms. The summed E-state index contributed by atoms with van der Waals surface area (Å²) in [6.07, 6.45) is 2.72. The number of halogens is 2. The van der Waals surface area contributed by atoms with Crippen LogP contribution in [0.4, 0.5) is 14.5 Å². The van der Waals surface area contributed by atoms with Gasteiger partial charge in [-0.25, -0.2) is 8.42 Å². The van der Waals surface area contributed by atoms with Crippen molar-refractivity contribution in [1.82, 2.24) is 15.2 Å². The minimum absolute atomic E-state index is 0.0457. The van der Waals surface area contributed by atoms with E-state index in [1.54, 1.807) is 12.1 Å². The number of fused-ring (bicyclic) bond motifs is 1. The van der Waals surface area contributed by atoms with Crippen molar-refractivity contribution in [1.29, 1.82) is 0 Å². The third-order valence-electron chi connectivity index (χ3n) is 4.77. The minimum atomic E-state index is -3.53. The molecule has 2 aromatic heterocycles. The Morgan fingerprint density at radius 3 is 2.59 bits per heavy atom. The molecule has 4 rings (SSSR count). The maximum Gasteiger partial charge on any atom is 0.314 e. The lowest BCUT2D eigenvalue weighted by atomic mass is 10.1. The Bertz CT molecular complexity index is 1130. The Labute approximate surface area is 166 Å². The van der Waals surface area contributed by atoms with Gasteiger partial charge in [0.25, 0.3) is 5.89 Å². The Hall–Kier alpha value is -2.88. The molecule has 0 N–H and O–H groups in total. The average Bonchev–Trinajstić information content (AvgIpc) is 3.34. The normalized spacial score (nSPS) is 13.7. The molecule has 0 radical (unpaired) electrons. The van der Waals surface area contributed by atoms with Gasteiger partial charge in [0.1, 0.15) is 0 Å². The number of alkyl halides is 2. The molecule has 0 spiro atoms. The van der Waals surface area contributed by atoms with Gasteiger partial charge in [0.15, 0.2) is 0 Å². The summed E-state index contributed by atoms with van der Waals surface area (Å²) in [6.45, 7) is 0.0457. The second kappa shape index (κ2) is 7.51. The first-order valence-electron chi connectivity index (χ1n) is 8.97. The highest BCUT2D eigenvalue weighted by atomic mass is 32.2. The molecule has 0 amide bonds. The van der Waals surface area contributed by atoms with Crippen LogP contribution in [0, 0.1) is 0 Å². The van der Waals surface area contributed by atoms with E-state index in [1.807, 2.05) is 18.2 Å². The maximum absolute atomic E-state index is 12.6. The molecule has 1 aliphatic carbocycles. The van der Waals surface area contributed by atoms with E-state index in [-0.39, 0.29) is 12.4 Å². The van der Waals surface area contributed by atoms with E-state index in [9.17, 15) is 17.2 Å². The smallest absolute Gasteiger partial charge is 0.314 e. The van der Waals surface area contributed by atoms with Crippen molar-refractivity contribution in [2.24, 2.45) is 0 Å². The third kappa shape index (κ3) is 4.12. The van der Waals surface area contributed by atoms with Crippen LogP contribution < -0.4 is 4.31 Å². The standard InChI is InChI=1S/C19H18F2N4O3S/c1-29(26,27)25(16-8-6-12-3-2-4-13(12)9-16)11-15-7-5-14(10-22-15)18-23-24-19(28-18)17(20)21/h5-10,17H,2-4,11H2,1H3. The number of rotatable bonds is 6. The molecule has 152 valence electrons. The van der Waals surface area contributed by atoms with Crippen molar-refractivity contribution in [3.8, 4) is 11.5 Å². The van der Waals surface area contributed by atoms with E-state index in [1.165, 1.54) is 21.6 Å². The van der Waals surface area contributed by atoms with Crippen LogP contribution in [0.25, 0.3) is 11.5 Å². The number of pyridine rings is 1. The molecule has 0 aliphatic heterocycles. The number of aryl methyl sites for hydroxylation is 2. The molecular formula is C19H18F2N4O3S. The largest absolute Gasteiger partial charge is 0.415 e. The fourth-order valence-electron chi connectivity index (χ4n) is 3.34. The monoisotopic (exact) mass is 420 g/mol. The molecule has 0 fully saturated rings. The molecule has 7 nitrogen and oxygen atoms in total. The van der Waals surface area contributed by atoms with E-state index in [0.29, 0.717) is 16.9 Å². The second-order valence-electron chi connectivity index (χ2n) is 6.86. The van der Waals surface area contributed by atoms with Crippen LogP contribution in [0.15, 0.2) is 40.9 Å². The van der Waals surface area contributed by atoms with Crippen molar-refractivity contribution < 1.29 is 21.6 Å². The lowest BCUT2D eigenvalue weighted by Gasteiger charge is -2.23. The van der Waals surface area contributed by atoms with Gasteiger partial charge in [0.05, 0.1) is 29.7 Å². The van der Waals surface area contributed by atoms with Gasteiger partial charge in [-0.1, -0.05) is 6.07 Å². The highest BCUT2D eigenvalue weighted by Crippen LogP contribution is 2.29. The number of benzene rings is 1. The summed E-state index contributed by atoms with van der Waals surface area (Å²) in [5.41, 5.74) is 3.89. The number of aromatic nitrogens is 3. The number of nitrogens with zero attached hydrogens (tertiary/aromatic N) is 4. The third-order valence-corrected chi connectivity index (χ3v) is 5.92. The van der Waals surface area contributed by atoms with Gasteiger partial charge in [-0.15, -0.1) is 10.2 Å². The van der Waals surface area contributed by atoms with Crippen molar-refractivity contribution in [3.63, 3.8) is 0 Å². The molecule has 1 aromatic carbocycles. The Kier molecular flexibility index (Phi) is 5.03. The molecule has 2 heterocycles. The lowest BCUT2D eigenvalue weighted by Crippen LogP contribution is -2.29. The van der Waals surface area contributed by atoms with Gasteiger partial charge in [-0.05, 0) is 54.7 Å². The molecule has 0 saturated heterocycles. The van der Waals surface area contributed by atoms with Crippen molar-refractivity contribution in [3.05, 3.63) is 59.2 Å². The maximum atomic E-state index is 12.6. The van der Waals surface area contributed by atoms with Gasteiger partial charge >= 0.3 is 6.43 Å².